The zero-order valence-corrected chi connectivity index (χ0v) is 18.1. The van der Waals surface area contributed by atoms with E-state index in [0.29, 0.717) is 13.0 Å². The molecule has 1 aliphatic heterocycles. The number of carbonyl (C=O) groups excluding carboxylic acids is 3. The van der Waals surface area contributed by atoms with Crippen LogP contribution in [0.4, 0.5) is 4.79 Å². The van der Waals surface area contributed by atoms with Crippen molar-refractivity contribution in [3.05, 3.63) is 0 Å². The molecule has 1 fully saturated rings. The Hall–Kier alpha value is -1.79. The molecule has 0 spiro atoms. The second kappa shape index (κ2) is 11.8. The summed E-state index contributed by atoms with van der Waals surface area (Å²) >= 11 is 0. The molecule has 1 saturated heterocycles. The van der Waals surface area contributed by atoms with Crippen LogP contribution in [0.5, 0.6) is 0 Å². The van der Waals surface area contributed by atoms with E-state index in [0.717, 1.165) is 25.7 Å². The summed E-state index contributed by atoms with van der Waals surface area (Å²) in [4.78, 5) is 38.2. The van der Waals surface area contributed by atoms with Gasteiger partial charge in [-0.15, -0.1) is 0 Å². The van der Waals surface area contributed by atoms with E-state index >= 15 is 0 Å². The molecular formula is C20H39N3O4. The quantitative estimate of drug-likeness (QED) is 0.702. The van der Waals surface area contributed by atoms with Crippen LogP contribution in [0.1, 0.15) is 80.6 Å². The number of rotatable bonds is 7. The lowest BCUT2D eigenvalue weighted by Gasteiger charge is -2.35. The molecule has 3 unspecified atom stereocenters. The molecule has 0 radical (unpaired) electrons. The van der Waals surface area contributed by atoms with Crippen LogP contribution in [-0.4, -0.2) is 47.5 Å². The lowest BCUT2D eigenvalue weighted by atomic mass is 9.85. The van der Waals surface area contributed by atoms with Crippen molar-refractivity contribution in [2.24, 2.45) is 11.1 Å². The molecule has 0 bridgehead atoms. The number of carbonyl (C=O) groups is 3. The molecule has 0 aromatic rings. The second-order valence-electron chi connectivity index (χ2n) is 7.89. The topological polar surface area (TPSA) is 102 Å². The van der Waals surface area contributed by atoms with Gasteiger partial charge in [-0.25, -0.2) is 4.79 Å². The zero-order chi connectivity index (χ0) is 21.2. The van der Waals surface area contributed by atoms with Crippen LogP contribution in [-0.2, 0) is 14.3 Å². The van der Waals surface area contributed by atoms with E-state index in [4.69, 9.17) is 10.5 Å². The third-order valence-corrected chi connectivity index (χ3v) is 4.51. The first-order valence-electron chi connectivity index (χ1n) is 10.1. The highest BCUT2D eigenvalue weighted by Crippen LogP contribution is 2.25. The van der Waals surface area contributed by atoms with Crippen LogP contribution in [0, 0.1) is 5.41 Å². The van der Waals surface area contributed by atoms with Gasteiger partial charge in [-0.1, -0.05) is 54.4 Å². The van der Waals surface area contributed by atoms with Gasteiger partial charge in [0, 0.05) is 6.54 Å². The van der Waals surface area contributed by atoms with Crippen LogP contribution in [0.3, 0.4) is 0 Å². The summed E-state index contributed by atoms with van der Waals surface area (Å²) in [6.07, 6.45) is 3.28. The van der Waals surface area contributed by atoms with Crippen LogP contribution < -0.4 is 11.1 Å². The summed E-state index contributed by atoms with van der Waals surface area (Å²) in [5, 5.41) is 2.70. The minimum atomic E-state index is -0.779. The molecule has 1 rings (SSSR count). The number of alkyl carbamates (subject to hydrolysis) is 1. The molecular weight excluding hydrogens is 346 g/mol. The van der Waals surface area contributed by atoms with Gasteiger partial charge in [0.1, 0.15) is 18.2 Å². The Morgan fingerprint density at radius 2 is 1.85 bits per heavy atom. The number of nitrogens with one attached hydrogen (secondary N) is 1. The van der Waals surface area contributed by atoms with Crippen LogP contribution >= 0.6 is 0 Å². The van der Waals surface area contributed by atoms with Crippen LogP contribution in [0.15, 0.2) is 0 Å². The van der Waals surface area contributed by atoms with E-state index in [1.807, 2.05) is 41.5 Å². The molecule has 3 N–H and O–H groups in total. The Morgan fingerprint density at radius 3 is 2.33 bits per heavy atom. The fraction of sp³-hybridized carbons (Fsp3) is 0.850. The SMILES string of the molecule is CC.CCCCC(C)OC(=O)NC(C(=O)N1CCCC1C(N)=O)C(C)(C)C. The molecule has 0 aliphatic carbocycles. The van der Waals surface area contributed by atoms with Gasteiger partial charge < -0.3 is 20.7 Å². The maximum Gasteiger partial charge on any atom is 0.408 e. The summed E-state index contributed by atoms with van der Waals surface area (Å²) in [6.45, 7) is 14.0. The Labute approximate surface area is 164 Å². The van der Waals surface area contributed by atoms with Crippen molar-refractivity contribution in [2.45, 2.75) is 98.8 Å². The van der Waals surface area contributed by atoms with E-state index in [2.05, 4.69) is 12.2 Å². The molecule has 0 aromatic heterocycles. The molecule has 0 saturated carbocycles. The van der Waals surface area contributed by atoms with E-state index < -0.39 is 29.5 Å². The molecule has 1 heterocycles. The predicted molar refractivity (Wildman–Crippen MR) is 107 cm³/mol. The summed E-state index contributed by atoms with van der Waals surface area (Å²) in [7, 11) is 0. The number of hydrogen-bond donors (Lipinski definition) is 2. The van der Waals surface area contributed by atoms with Crippen molar-refractivity contribution in [1.29, 1.82) is 0 Å². The Kier molecular flexibility index (Phi) is 11.0. The van der Waals surface area contributed by atoms with E-state index in [1.54, 1.807) is 0 Å². The first kappa shape index (κ1) is 25.2. The van der Waals surface area contributed by atoms with Crippen molar-refractivity contribution >= 4 is 17.9 Å². The maximum atomic E-state index is 12.9. The van der Waals surface area contributed by atoms with Gasteiger partial charge in [0.15, 0.2) is 0 Å². The summed E-state index contributed by atoms with van der Waals surface area (Å²) in [5.74, 6) is -0.791. The minimum absolute atomic E-state index is 0.208. The molecule has 3 amide bonds. The number of nitrogens with two attached hydrogens (primary N) is 1. The van der Waals surface area contributed by atoms with Crippen molar-refractivity contribution in [3.63, 3.8) is 0 Å². The molecule has 0 aromatic carbocycles. The fourth-order valence-corrected chi connectivity index (χ4v) is 3.03. The van der Waals surface area contributed by atoms with E-state index in [-0.39, 0.29) is 12.0 Å². The Balaban J connectivity index is 0.00000326. The van der Waals surface area contributed by atoms with Gasteiger partial charge in [0.05, 0.1) is 0 Å². The number of likely N-dealkylation sites (tertiary alicyclic amines) is 1. The number of nitrogens with zero attached hydrogens (tertiary/aromatic N) is 1. The molecule has 27 heavy (non-hydrogen) atoms. The number of hydrogen-bond acceptors (Lipinski definition) is 4. The lowest BCUT2D eigenvalue weighted by Crippen LogP contribution is -2.57. The first-order valence-corrected chi connectivity index (χ1v) is 10.1. The van der Waals surface area contributed by atoms with Crippen LogP contribution in [0.2, 0.25) is 0 Å². The highest BCUT2D eigenvalue weighted by atomic mass is 16.6. The van der Waals surface area contributed by atoms with Crippen molar-refractivity contribution in [2.75, 3.05) is 6.54 Å². The Morgan fingerprint density at radius 1 is 1.26 bits per heavy atom. The summed E-state index contributed by atoms with van der Waals surface area (Å²) in [5.41, 5.74) is 4.88. The highest BCUT2D eigenvalue weighted by molar-refractivity contribution is 5.91. The van der Waals surface area contributed by atoms with Crippen LogP contribution in [0.25, 0.3) is 0 Å². The normalized spacial score (nSPS) is 18.8. The summed E-state index contributed by atoms with van der Waals surface area (Å²) in [6, 6.07) is -1.38. The van der Waals surface area contributed by atoms with Crippen molar-refractivity contribution in [3.8, 4) is 0 Å². The molecule has 7 nitrogen and oxygen atoms in total. The smallest absolute Gasteiger partial charge is 0.408 e. The Bertz CT molecular complexity index is 488. The second-order valence-corrected chi connectivity index (χ2v) is 7.89. The molecule has 1 aliphatic rings. The van der Waals surface area contributed by atoms with E-state index in [9.17, 15) is 14.4 Å². The number of ether oxygens (including phenoxy) is 1. The van der Waals surface area contributed by atoms with Gasteiger partial charge in [0.25, 0.3) is 0 Å². The van der Waals surface area contributed by atoms with Gasteiger partial charge in [-0.3, -0.25) is 9.59 Å². The largest absolute Gasteiger partial charge is 0.447 e. The maximum absolute atomic E-state index is 12.9. The third kappa shape index (κ3) is 8.18. The lowest BCUT2D eigenvalue weighted by molar-refractivity contribution is -0.141. The zero-order valence-electron chi connectivity index (χ0n) is 18.1. The third-order valence-electron chi connectivity index (χ3n) is 4.51. The highest BCUT2D eigenvalue weighted by Gasteiger charge is 2.41. The average Bonchev–Trinajstić information content (AvgIpc) is 3.08. The number of unbranched alkanes of at least 4 members (excludes halogenated alkanes) is 1. The van der Waals surface area contributed by atoms with Gasteiger partial charge in [0.2, 0.25) is 11.8 Å². The van der Waals surface area contributed by atoms with Crippen molar-refractivity contribution < 1.29 is 19.1 Å². The fourth-order valence-electron chi connectivity index (χ4n) is 3.03. The molecule has 7 heteroatoms. The minimum Gasteiger partial charge on any atom is -0.447 e. The number of primary amides is 1. The molecule has 3 atom stereocenters. The molecule has 158 valence electrons. The number of amides is 3. The monoisotopic (exact) mass is 385 g/mol. The van der Waals surface area contributed by atoms with Gasteiger partial charge in [-0.2, -0.15) is 0 Å². The van der Waals surface area contributed by atoms with Gasteiger partial charge in [-0.05, 0) is 31.6 Å². The van der Waals surface area contributed by atoms with E-state index in [1.165, 1.54) is 4.90 Å². The average molecular weight is 386 g/mol. The van der Waals surface area contributed by atoms with Gasteiger partial charge >= 0.3 is 6.09 Å². The predicted octanol–water partition coefficient (Wildman–Crippen LogP) is 3.21. The standard InChI is InChI=1S/C18H33N3O4.C2H6/c1-6-7-9-12(2)25-17(24)20-14(18(3,4)5)16(23)21-11-8-10-13(21)15(19)22;1-2/h12-14H,6-11H2,1-5H3,(H2,19,22)(H,20,24);1-2H3. The summed E-state index contributed by atoms with van der Waals surface area (Å²) < 4.78 is 5.35. The first-order chi connectivity index (χ1) is 12.6. The van der Waals surface area contributed by atoms with Crippen molar-refractivity contribution in [1.82, 2.24) is 10.2 Å².